The van der Waals surface area contributed by atoms with Gasteiger partial charge in [-0.15, -0.1) is 0 Å². The van der Waals surface area contributed by atoms with Crippen molar-refractivity contribution in [2.45, 2.75) is 32.4 Å². The lowest BCUT2D eigenvalue weighted by atomic mass is 9.94. The van der Waals surface area contributed by atoms with Crippen LogP contribution in [0.3, 0.4) is 0 Å². The Morgan fingerprint density at radius 2 is 2.37 bits per heavy atom. The summed E-state index contributed by atoms with van der Waals surface area (Å²) in [5, 5.41) is 7.81. The Bertz CT molecular complexity index is 516. The predicted octanol–water partition coefficient (Wildman–Crippen LogP) is 1.21. The van der Waals surface area contributed by atoms with E-state index >= 15 is 0 Å². The molecule has 1 aromatic heterocycles. The van der Waals surface area contributed by atoms with Gasteiger partial charge in [-0.05, 0) is 48.2 Å². The van der Waals surface area contributed by atoms with Crippen LogP contribution in [0.4, 0.5) is 5.69 Å². The molecule has 0 radical (unpaired) electrons. The molecule has 2 aliphatic rings. The molecule has 0 aromatic carbocycles. The van der Waals surface area contributed by atoms with Crippen LogP contribution in [0, 0.1) is 5.92 Å². The molecule has 0 saturated carbocycles. The van der Waals surface area contributed by atoms with Crippen LogP contribution < -0.4 is 15.8 Å². The van der Waals surface area contributed by atoms with Crippen LogP contribution in [0.25, 0.3) is 0 Å². The van der Waals surface area contributed by atoms with Crippen LogP contribution in [0.5, 0.6) is 0 Å². The lowest BCUT2D eigenvalue weighted by Crippen LogP contribution is -2.40. The van der Waals surface area contributed by atoms with E-state index in [1.54, 1.807) is 0 Å². The Kier molecular flexibility index (Phi) is 3.62. The third-order valence-corrected chi connectivity index (χ3v) is 4.95. The topological polar surface area (TPSA) is 50.2 Å². The number of hydrogen-bond acceptors (Lipinski definition) is 4. The Balaban J connectivity index is 1.87. The fourth-order valence-electron chi connectivity index (χ4n) is 3.15. The molecule has 1 aromatic rings. The van der Waals surface area contributed by atoms with Crippen molar-refractivity contribution in [1.82, 2.24) is 15.1 Å². The lowest BCUT2D eigenvalue weighted by Gasteiger charge is -2.24. The molecule has 2 atom stereocenters. The zero-order valence-corrected chi connectivity index (χ0v) is 12.7. The largest absolute Gasteiger partial charge is 0.367 e. The second-order valence-corrected chi connectivity index (χ2v) is 6.13. The molecule has 2 fully saturated rings. The molecule has 104 valence electrons. The van der Waals surface area contributed by atoms with Crippen molar-refractivity contribution in [1.29, 1.82) is 0 Å². The lowest BCUT2D eigenvalue weighted by molar-refractivity contribution is 0.340. The van der Waals surface area contributed by atoms with Crippen molar-refractivity contribution in [3.63, 3.8) is 0 Å². The van der Waals surface area contributed by atoms with Gasteiger partial charge in [0.05, 0.1) is 11.9 Å². The SMILES string of the molecule is CCn1ncc(N2CC3CCCNC3C2)c(Br)c1=O. The number of rotatable bonds is 2. The Labute approximate surface area is 121 Å². The number of hydrogen-bond donors (Lipinski definition) is 1. The zero-order valence-electron chi connectivity index (χ0n) is 11.1. The maximum absolute atomic E-state index is 12.1. The Morgan fingerprint density at radius 3 is 3.11 bits per heavy atom. The monoisotopic (exact) mass is 326 g/mol. The second kappa shape index (κ2) is 5.25. The molecule has 0 aliphatic carbocycles. The molecule has 5 nitrogen and oxygen atoms in total. The molecule has 1 N–H and O–H groups in total. The fraction of sp³-hybridized carbons (Fsp3) is 0.692. The highest BCUT2D eigenvalue weighted by atomic mass is 79.9. The third kappa shape index (κ3) is 2.31. The first-order valence-corrected chi connectivity index (χ1v) is 7.74. The number of anilines is 1. The quantitative estimate of drug-likeness (QED) is 0.887. The van der Waals surface area contributed by atoms with Crippen molar-refractivity contribution in [3.05, 3.63) is 21.0 Å². The standard InChI is InChI=1S/C13H19BrN4O/c1-2-18-13(19)12(14)11(6-16-18)17-7-9-4-3-5-15-10(9)8-17/h6,9-10,15H,2-5,7-8H2,1H3. The first kappa shape index (κ1) is 13.1. The molecule has 2 saturated heterocycles. The van der Waals surface area contributed by atoms with E-state index in [9.17, 15) is 4.79 Å². The van der Waals surface area contributed by atoms with E-state index in [0.29, 0.717) is 23.0 Å². The van der Waals surface area contributed by atoms with Crippen LogP contribution in [-0.2, 0) is 6.54 Å². The van der Waals surface area contributed by atoms with Crippen molar-refractivity contribution >= 4 is 21.6 Å². The number of piperidine rings is 1. The van der Waals surface area contributed by atoms with Crippen LogP contribution in [0.1, 0.15) is 19.8 Å². The van der Waals surface area contributed by atoms with Gasteiger partial charge in [0.15, 0.2) is 0 Å². The van der Waals surface area contributed by atoms with Crippen LogP contribution >= 0.6 is 15.9 Å². The molecule has 2 unspecified atom stereocenters. The van der Waals surface area contributed by atoms with E-state index in [-0.39, 0.29) is 5.56 Å². The summed E-state index contributed by atoms with van der Waals surface area (Å²) in [6, 6.07) is 0.564. The van der Waals surface area contributed by atoms with E-state index in [1.807, 2.05) is 13.1 Å². The number of fused-ring (bicyclic) bond motifs is 1. The van der Waals surface area contributed by atoms with Gasteiger partial charge in [0, 0.05) is 25.7 Å². The first-order valence-electron chi connectivity index (χ1n) is 6.94. The summed E-state index contributed by atoms with van der Waals surface area (Å²) in [5.74, 6) is 0.703. The average Bonchev–Trinajstić information content (AvgIpc) is 2.85. The number of halogens is 1. The van der Waals surface area contributed by atoms with Gasteiger partial charge in [-0.25, -0.2) is 4.68 Å². The maximum atomic E-state index is 12.1. The summed E-state index contributed by atoms with van der Waals surface area (Å²) in [7, 11) is 0. The minimum absolute atomic E-state index is 0.0390. The summed E-state index contributed by atoms with van der Waals surface area (Å²) in [6.07, 6.45) is 4.35. The molecular weight excluding hydrogens is 308 g/mol. The highest BCUT2D eigenvalue weighted by molar-refractivity contribution is 9.10. The zero-order chi connectivity index (χ0) is 13.4. The molecule has 19 heavy (non-hydrogen) atoms. The van der Waals surface area contributed by atoms with Gasteiger partial charge in [0.1, 0.15) is 4.47 Å². The number of nitrogens with zero attached hydrogens (tertiary/aromatic N) is 3. The molecule has 3 heterocycles. The van der Waals surface area contributed by atoms with Crippen molar-refractivity contribution in [2.75, 3.05) is 24.5 Å². The third-order valence-electron chi connectivity index (χ3n) is 4.21. The van der Waals surface area contributed by atoms with Gasteiger partial charge in [0.25, 0.3) is 5.56 Å². The molecule has 0 amide bonds. The van der Waals surface area contributed by atoms with Gasteiger partial charge in [-0.2, -0.15) is 5.10 Å². The second-order valence-electron chi connectivity index (χ2n) is 5.33. The van der Waals surface area contributed by atoms with E-state index in [4.69, 9.17) is 0 Å². The molecule has 0 spiro atoms. The summed E-state index contributed by atoms with van der Waals surface area (Å²) < 4.78 is 2.12. The minimum Gasteiger partial charge on any atom is -0.367 e. The van der Waals surface area contributed by atoms with Crippen LogP contribution in [-0.4, -0.2) is 35.5 Å². The van der Waals surface area contributed by atoms with Crippen molar-refractivity contribution in [3.8, 4) is 0 Å². The summed E-state index contributed by atoms with van der Waals surface area (Å²) >= 11 is 3.45. The van der Waals surface area contributed by atoms with Crippen LogP contribution in [0.15, 0.2) is 15.5 Å². The maximum Gasteiger partial charge on any atom is 0.283 e. The van der Waals surface area contributed by atoms with Gasteiger partial charge in [0.2, 0.25) is 0 Å². The highest BCUT2D eigenvalue weighted by Gasteiger charge is 2.35. The summed E-state index contributed by atoms with van der Waals surface area (Å²) in [6.45, 7) is 5.64. The van der Waals surface area contributed by atoms with E-state index in [2.05, 4.69) is 31.2 Å². The van der Waals surface area contributed by atoms with E-state index in [1.165, 1.54) is 17.5 Å². The average molecular weight is 327 g/mol. The highest BCUT2D eigenvalue weighted by Crippen LogP contribution is 2.31. The number of aromatic nitrogens is 2. The van der Waals surface area contributed by atoms with Crippen molar-refractivity contribution < 1.29 is 0 Å². The Morgan fingerprint density at radius 1 is 1.53 bits per heavy atom. The normalized spacial score (nSPS) is 26.5. The van der Waals surface area contributed by atoms with Gasteiger partial charge < -0.3 is 10.2 Å². The minimum atomic E-state index is -0.0390. The number of aryl methyl sites for hydroxylation is 1. The Hall–Kier alpha value is -0.880. The van der Waals surface area contributed by atoms with E-state index < -0.39 is 0 Å². The van der Waals surface area contributed by atoms with Crippen LogP contribution in [0.2, 0.25) is 0 Å². The summed E-state index contributed by atoms with van der Waals surface area (Å²) in [5.41, 5.74) is 0.897. The molecular formula is C13H19BrN4O. The number of nitrogens with one attached hydrogen (secondary N) is 1. The predicted molar refractivity (Wildman–Crippen MR) is 78.6 cm³/mol. The first-order chi connectivity index (χ1) is 9.20. The fourth-order valence-corrected chi connectivity index (χ4v) is 3.70. The summed E-state index contributed by atoms with van der Waals surface area (Å²) in [4.78, 5) is 14.4. The molecule has 2 aliphatic heterocycles. The molecule has 3 rings (SSSR count). The van der Waals surface area contributed by atoms with E-state index in [0.717, 1.165) is 25.3 Å². The molecule has 6 heteroatoms. The van der Waals surface area contributed by atoms with Gasteiger partial charge in [-0.1, -0.05) is 0 Å². The smallest absolute Gasteiger partial charge is 0.283 e. The van der Waals surface area contributed by atoms with Gasteiger partial charge >= 0.3 is 0 Å². The van der Waals surface area contributed by atoms with Crippen molar-refractivity contribution in [2.24, 2.45) is 5.92 Å². The molecule has 0 bridgehead atoms. The van der Waals surface area contributed by atoms with Gasteiger partial charge in [-0.3, -0.25) is 4.79 Å².